The van der Waals surface area contributed by atoms with Crippen LogP contribution in [0.2, 0.25) is 0 Å². The molecule has 1 aliphatic heterocycles. The van der Waals surface area contributed by atoms with Crippen LogP contribution in [0.5, 0.6) is 0 Å². The molecule has 1 aromatic carbocycles. The van der Waals surface area contributed by atoms with Gasteiger partial charge in [0.05, 0.1) is 11.4 Å². The minimum Gasteiger partial charge on any atom is -0.383 e. The van der Waals surface area contributed by atoms with E-state index < -0.39 is 15.9 Å². The summed E-state index contributed by atoms with van der Waals surface area (Å²) in [6.45, 7) is -0.298. The van der Waals surface area contributed by atoms with E-state index in [1.54, 1.807) is 24.3 Å². The van der Waals surface area contributed by atoms with Gasteiger partial charge in [0.25, 0.3) is 10.0 Å². The molecule has 8 heteroatoms. The summed E-state index contributed by atoms with van der Waals surface area (Å²) in [5, 5.41) is 2.64. The number of hydrogen-bond donors (Lipinski definition) is 2. The summed E-state index contributed by atoms with van der Waals surface area (Å²) >= 11 is 0. The van der Waals surface area contributed by atoms with Crippen molar-refractivity contribution in [2.24, 2.45) is 0 Å². The van der Waals surface area contributed by atoms with Gasteiger partial charge in [-0.3, -0.25) is 9.10 Å². The molecule has 0 radical (unpaired) electrons. The summed E-state index contributed by atoms with van der Waals surface area (Å²) in [6.07, 6.45) is 1.41. The van der Waals surface area contributed by atoms with Crippen LogP contribution in [0.15, 0.2) is 47.5 Å². The van der Waals surface area contributed by atoms with Crippen LogP contribution in [0.1, 0.15) is 0 Å². The highest BCUT2D eigenvalue weighted by molar-refractivity contribution is 7.93. The molecule has 0 fully saturated rings. The van der Waals surface area contributed by atoms with Gasteiger partial charge in [-0.1, -0.05) is 12.1 Å². The number of nitrogens with zero attached hydrogens (tertiary/aromatic N) is 2. The summed E-state index contributed by atoms with van der Waals surface area (Å²) in [5.41, 5.74) is 6.50. The van der Waals surface area contributed by atoms with Gasteiger partial charge in [-0.2, -0.15) is 0 Å². The summed E-state index contributed by atoms with van der Waals surface area (Å²) in [6, 6.07) is 9.53. The lowest BCUT2D eigenvalue weighted by Crippen LogP contribution is -2.42. The molecule has 0 spiro atoms. The Labute approximate surface area is 121 Å². The maximum Gasteiger partial charge on any atom is 0.268 e. The number of pyridine rings is 1. The van der Waals surface area contributed by atoms with Crippen molar-refractivity contribution in [3.8, 4) is 0 Å². The standard InChI is InChI=1S/C13H12N4O3S/c14-13-11(6-3-7-15-13)21(19,20)17-8-12(18)16-9-4-1-2-5-10(9)17/h1-7H,8H2,(H2,14,15)(H,16,18). The highest BCUT2D eigenvalue weighted by atomic mass is 32.2. The number of carbonyl (C=O) groups excluding carboxylic acids is 1. The molecule has 3 rings (SSSR count). The van der Waals surface area contributed by atoms with E-state index in [0.29, 0.717) is 11.4 Å². The van der Waals surface area contributed by atoms with Crippen molar-refractivity contribution in [1.82, 2.24) is 4.98 Å². The van der Waals surface area contributed by atoms with Gasteiger partial charge in [-0.25, -0.2) is 13.4 Å². The molecule has 7 nitrogen and oxygen atoms in total. The van der Waals surface area contributed by atoms with Crippen LogP contribution in [0.3, 0.4) is 0 Å². The average molecular weight is 304 g/mol. The number of para-hydroxylation sites is 2. The van der Waals surface area contributed by atoms with Crippen molar-refractivity contribution in [1.29, 1.82) is 0 Å². The van der Waals surface area contributed by atoms with E-state index in [0.717, 1.165) is 4.31 Å². The second kappa shape index (κ2) is 4.74. The number of carbonyl (C=O) groups is 1. The molecule has 0 unspecified atom stereocenters. The number of anilines is 3. The highest BCUT2D eigenvalue weighted by Crippen LogP contribution is 2.34. The second-order valence-electron chi connectivity index (χ2n) is 4.46. The fourth-order valence-electron chi connectivity index (χ4n) is 2.16. The van der Waals surface area contributed by atoms with Crippen molar-refractivity contribution >= 4 is 33.1 Å². The molecule has 1 aliphatic rings. The molecule has 0 bridgehead atoms. The molecule has 0 saturated carbocycles. The third-order valence-corrected chi connectivity index (χ3v) is 4.91. The fourth-order valence-corrected chi connectivity index (χ4v) is 3.67. The lowest BCUT2D eigenvalue weighted by atomic mass is 10.2. The van der Waals surface area contributed by atoms with E-state index in [1.165, 1.54) is 18.3 Å². The van der Waals surface area contributed by atoms with Crippen LogP contribution in [0, 0.1) is 0 Å². The summed E-state index contributed by atoms with van der Waals surface area (Å²) < 4.78 is 26.5. The average Bonchev–Trinajstić information content (AvgIpc) is 2.46. The highest BCUT2D eigenvalue weighted by Gasteiger charge is 2.33. The topological polar surface area (TPSA) is 105 Å². The van der Waals surface area contributed by atoms with E-state index in [1.807, 2.05) is 0 Å². The van der Waals surface area contributed by atoms with Gasteiger partial charge in [-0.15, -0.1) is 0 Å². The van der Waals surface area contributed by atoms with E-state index in [4.69, 9.17) is 5.73 Å². The minimum atomic E-state index is -3.95. The molecular formula is C13H12N4O3S. The molecule has 2 aromatic rings. The van der Waals surface area contributed by atoms with Crippen LogP contribution >= 0.6 is 0 Å². The third kappa shape index (κ3) is 2.19. The molecule has 1 amide bonds. The second-order valence-corrected chi connectivity index (χ2v) is 6.29. The lowest BCUT2D eigenvalue weighted by Gasteiger charge is -2.30. The maximum atomic E-state index is 12.7. The number of fused-ring (bicyclic) bond motifs is 1. The van der Waals surface area contributed by atoms with Gasteiger partial charge in [0.2, 0.25) is 5.91 Å². The van der Waals surface area contributed by atoms with Crippen molar-refractivity contribution in [2.45, 2.75) is 4.90 Å². The number of rotatable bonds is 2. The van der Waals surface area contributed by atoms with E-state index in [9.17, 15) is 13.2 Å². The number of amides is 1. The SMILES string of the molecule is Nc1ncccc1S(=O)(=O)N1CC(=O)Nc2ccccc21. The van der Waals surface area contributed by atoms with Crippen molar-refractivity contribution in [3.63, 3.8) is 0 Å². The van der Waals surface area contributed by atoms with Gasteiger partial charge < -0.3 is 11.1 Å². The third-order valence-electron chi connectivity index (χ3n) is 3.10. The van der Waals surface area contributed by atoms with Gasteiger partial charge in [0.15, 0.2) is 0 Å². The van der Waals surface area contributed by atoms with Crippen molar-refractivity contribution in [2.75, 3.05) is 21.9 Å². The van der Waals surface area contributed by atoms with Gasteiger partial charge in [-0.05, 0) is 24.3 Å². The molecule has 21 heavy (non-hydrogen) atoms. The smallest absolute Gasteiger partial charge is 0.268 e. The molecule has 1 aromatic heterocycles. The van der Waals surface area contributed by atoms with Crippen LogP contribution < -0.4 is 15.4 Å². The molecule has 0 aliphatic carbocycles. The molecule has 108 valence electrons. The Morgan fingerprint density at radius 3 is 2.71 bits per heavy atom. The molecule has 0 saturated heterocycles. The fraction of sp³-hybridized carbons (Fsp3) is 0.0769. The van der Waals surface area contributed by atoms with Crippen LogP contribution in [-0.4, -0.2) is 25.9 Å². The number of aromatic nitrogens is 1. The van der Waals surface area contributed by atoms with Crippen molar-refractivity contribution < 1.29 is 13.2 Å². The van der Waals surface area contributed by atoms with Crippen LogP contribution in [0.25, 0.3) is 0 Å². The summed E-state index contributed by atoms with van der Waals surface area (Å²) in [5.74, 6) is -0.499. The lowest BCUT2D eigenvalue weighted by molar-refractivity contribution is -0.115. The zero-order valence-corrected chi connectivity index (χ0v) is 11.7. The molecule has 0 atom stereocenters. The minimum absolute atomic E-state index is 0.0963. The van der Waals surface area contributed by atoms with E-state index >= 15 is 0 Å². The zero-order valence-electron chi connectivity index (χ0n) is 10.9. The quantitative estimate of drug-likeness (QED) is 0.854. The first-order valence-electron chi connectivity index (χ1n) is 6.12. The number of hydrogen-bond acceptors (Lipinski definition) is 5. The number of nitrogens with one attached hydrogen (secondary N) is 1. The van der Waals surface area contributed by atoms with E-state index in [-0.39, 0.29) is 17.3 Å². The molecule has 2 heterocycles. The van der Waals surface area contributed by atoms with E-state index in [2.05, 4.69) is 10.3 Å². The van der Waals surface area contributed by atoms with Crippen LogP contribution in [-0.2, 0) is 14.8 Å². The van der Waals surface area contributed by atoms with Gasteiger partial charge in [0.1, 0.15) is 17.3 Å². The van der Waals surface area contributed by atoms with Crippen LogP contribution in [0.4, 0.5) is 17.2 Å². The van der Waals surface area contributed by atoms with Crippen molar-refractivity contribution in [3.05, 3.63) is 42.6 Å². The molecular weight excluding hydrogens is 292 g/mol. The first-order valence-corrected chi connectivity index (χ1v) is 7.56. The Bertz CT molecular complexity index is 820. The first kappa shape index (κ1) is 13.4. The Morgan fingerprint density at radius 2 is 1.95 bits per heavy atom. The molecule has 3 N–H and O–H groups in total. The number of nitrogens with two attached hydrogens (primary N) is 1. The van der Waals surface area contributed by atoms with Gasteiger partial charge >= 0.3 is 0 Å². The normalized spacial score (nSPS) is 14.5. The Hall–Kier alpha value is -2.61. The predicted octanol–water partition coefficient (Wildman–Crippen LogP) is 0.811. The van der Waals surface area contributed by atoms with Gasteiger partial charge in [0, 0.05) is 6.20 Å². The number of benzene rings is 1. The zero-order chi connectivity index (χ0) is 15.0. The Morgan fingerprint density at radius 1 is 1.19 bits per heavy atom. The predicted molar refractivity (Wildman–Crippen MR) is 78.3 cm³/mol. The largest absolute Gasteiger partial charge is 0.383 e. The number of sulfonamides is 1. The maximum absolute atomic E-state index is 12.7. The number of nitrogen functional groups attached to an aromatic ring is 1. The monoisotopic (exact) mass is 304 g/mol. The Kier molecular flexibility index (Phi) is 3.02. The Balaban J connectivity index is 2.16. The summed E-state index contributed by atoms with van der Waals surface area (Å²) in [7, 11) is -3.95. The first-order chi connectivity index (χ1) is 10.00. The summed E-state index contributed by atoms with van der Waals surface area (Å²) in [4.78, 5) is 15.4.